The molecular formula is C13H22O2. The van der Waals surface area contributed by atoms with Gasteiger partial charge in [0.15, 0.2) is 0 Å². The van der Waals surface area contributed by atoms with Crippen LogP contribution in [0.5, 0.6) is 0 Å². The second-order valence-electron chi connectivity index (χ2n) is 4.71. The van der Waals surface area contributed by atoms with E-state index in [0.717, 1.165) is 31.6 Å². The largest absolute Gasteiger partial charge is 0.481 e. The molecule has 1 saturated carbocycles. The molecule has 0 saturated heterocycles. The third-order valence-corrected chi connectivity index (χ3v) is 3.84. The van der Waals surface area contributed by atoms with Crippen molar-refractivity contribution < 1.29 is 9.90 Å². The second-order valence-corrected chi connectivity index (χ2v) is 4.71. The van der Waals surface area contributed by atoms with Gasteiger partial charge in [-0.3, -0.25) is 4.79 Å². The van der Waals surface area contributed by atoms with Crippen molar-refractivity contribution in [2.75, 3.05) is 0 Å². The number of carbonyl (C=O) groups is 1. The highest BCUT2D eigenvalue weighted by Gasteiger charge is 2.40. The highest BCUT2D eigenvalue weighted by Crippen LogP contribution is 2.43. The molecule has 0 heterocycles. The van der Waals surface area contributed by atoms with Crippen LogP contribution in [0.3, 0.4) is 0 Å². The van der Waals surface area contributed by atoms with Crippen LogP contribution in [-0.4, -0.2) is 11.1 Å². The third kappa shape index (κ3) is 2.83. The molecule has 0 aliphatic heterocycles. The fraction of sp³-hybridized carbons (Fsp3) is 0.769. The molecule has 2 nitrogen and oxygen atoms in total. The molecule has 0 aromatic rings. The first kappa shape index (κ1) is 12.3. The van der Waals surface area contributed by atoms with Crippen LogP contribution in [0.1, 0.15) is 52.4 Å². The molecule has 1 N–H and O–H groups in total. The van der Waals surface area contributed by atoms with E-state index in [-0.39, 0.29) is 0 Å². The van der Waals surface area contributed by atoms with Gasteiger partial charge in [-0.15, -0.1) is 0 Å². The smallest absolute Gasteiger partial charge is 0.309 e. The summed E-state index contributed by atoms with van der Waals surface area (Å²) in [5.41, 5.74) is -0.460. The van der Waals surface area contributed by atoms with Crippen molar-refractivity contribution in [3.8, 4) is 0 Å². The van der Waals surface area contributed by atoms with Crippen LogP contribution in [0.4, 0.5) is 0 Å². The average Bonchev–Trinajstić information content (AvgIpc) is 2.27. The highest BCUT2D eigenvalue weighted by molar-refractivity contribution is 5.75. The summed E-state index contributed by atoms with van der Waals surface area (Å²) in [6, 6.07) is 0. The van der Waals surface area contributed by atoms with Gasteiger partial charge in [0.05, 0.1) is 5.41 Å². The lowest BCUT2D eigenvalue weighted by atomic mass is 9.68. The predicted molar refractivity (Wildman–Crippen MR) is 61.7 cm³/mol. The van der Waals surface area contributed by atoms with Gasteiger partial charge in [0.1, 0.15) is 0 Å². The van der Waals surface area contributed by atoms with Gasteiger partial charge in [-0.05, 0) is 44.9 Å². The fourth-order valence-electron chi connectivity index (χ4n) is 2.49. The van der Waals surface area contributed by atoms with Crippen LogP contribution < -0.4 is 0 Å². The maximum absolute atomic E-state index is 11.3. The monoisotopic (exact) mass is 210 g/mol. The lowest BCUT2D eigenvalue weighted by molar-refractivity contribution is -0.151. The summed E-state index contributed by atoms with van der Waals surface area (Å²) in [7, 11) is 0. The molecule has 1 rings (SSSR count). The van der Waals surface area contributed by atoms with Crippen molar-refractivity contribution in [3.05, 3.63) is 12.2 Å². The first-order valence-electron chi connectivity index (χ1n) is 5.99. The Balaban J connectivity index is 2.64. The summed E-state index contributed by atoms with van der Waals surface area (Å²) >= 11 is 0. The number of carboxylic acids is 1. The van der Waals surface area contributed by atoms with Crippen LogP contribution in [0.15, 0.2) is 12.2 Å². The second kappa shape index (κ2) is 5.34. The maximum atomic E-state index is 11.3. The number of carboxylic acid groups (broad SMARTS) is 1. The summed E-state index contributed by atoms with van der Waals surface area (Å²) in [5.74, 6) is 0.151. The highest BCUT2D eigenvalue weighted by atomic mass is 16.4. The van der Waals surface area contributed by atoms with Gasteiger partial charge >= 0.3 is 5.97 Å². The van der Waals surface area contributed by atoms with Crippen LogP contribution in [0.2, 0.25) is 0 Å². The topological polar surface area (TPSA) is 37.3 Å². The molecule has 2 heteroatoms. The number of hydrogen-bond acceptors (Lipinski definition) is 1. The molecule has 0 atom stereocenters. The molecule has 0 amide bonds. The van der Waals surface area contributed by atoms with E-state index in [1.165, 1.54) is 6.42 Å². The van der Waals surface area contributed by atoms with Crippen molar-refractivity contribution in [2.24, 2.45) is 11.3 Å². The number of aliphatic carboxylic acids is 1. The van der Waals surface area contributed by atoms with Gasteiger partial charge in [0.25, 0.3) is 0 Å². The van der Waals surface area contributed by atoms with E-state index in [1.54, 1.807) is 0 Å². The van der Waals surface area contributed by atoms with E-state index < -0.39 is 11.4 Å². The maximum Gasteiger partial charge on any atom is 0.309 e. The normalized spacial score (nSPS) is 32.0. The molecule has 0 radical (unpaired) electrons. The molecule has 1 aliphatic rings. The Labute approximate surface area is 92.4 Å². The van der Waals surface area contributed by atoms with Crippen molar-refractivity contribution in [2.45, 2.75) is 52.4 Å². The van der Waals surface area contributed by atoms with Gasteiger partial charge in [-0.2, -0.15) is 0 Å². The van der Waals surface area contributed by atoms with Crippen LogP contribution >= 0.6 is 0 Å². The zero-order valence-electron chi connectivity index (χ0n) is 9.83. The van der Waals surface area contributed by atoms with Gasteiger partial charge in [0, 0.05) is 0 Å². The Morgan fingerprint density at radius 1 is 1.47 bits per heavy atom. The minimum absolute atomic E-state index is 0.460. The van der Waals surface area contributed by atoms with E-state index in [4.69, 9.17) is 0 Å². The number of rotatable bonds is 4. The molecule has 15 heavy (non-hydrogen) atoms. The van der Waals surface area contributed by atoms with Crippen LogP contribution in [-0.2, 0) is 4.79 Å². The molecular weight excluding hydrogens is 188 g/mol. The Morgan fingerprint density at radius 3 is 2.47 bits per heavy atom. The molecule has 0 aromatic heterocycles. The third-order valence-electron chi connectivity index (χ3n) is 3.84. The Morgan fingerprint density at radius 2 is 2.07 bits per heavy atom. The van der Waals surface area contributed by atoms with Crippen molar-refractivity contribution in [1.82, 2.24) is 0 Å². The molecule has 0 unspecified atom stereocenters. The zero-order chi connectivity index (χ0) is 11.3. The lowest BCUT2D eigenvalue weighted by Crippen LogP contribution is -2.35. The van der Waals surface area contributed by atoms with Crippen molar-refractivity contribution in [1.29, 1.82) is 0 Å². The molecule has 0 aromatic carbocycles. The SMILES string of the molecule is CC=CCC1(C(=O)O)CCC(CC)CC1. The van der Waals surface area contributed by atoms with E-state index >= 15 is 0 Å². The molecule has 1 fully saturated rings. The lowest BCUT2D eigenvalue weighted by Gasteiger charge is -2.36. The van der Waals surface area contributed by atoms with E-state index in [0.29, 0.717) is 6.42 Å². The van der Waals surface area contributed by atoms with Gasteiger partial charge in [-0.1, -0.05) is 25.5 Å². The Kier molecular flexibility index (Phi) is 4.37. The number of allylic oxidation sites excluding steroid dienone is 2. The van der Waals surface area contributed by atoms with Crippen molar-refractivity contribution >= 4 is 5.97 Å². The van der Waals surface area contributed by atoms with Crippen molar-refractivity contribution in [3.63, 3.8) is 0 Å². The Bertz CT molecular complexity index is 235. The predicted octanol–water partition coefficient (Wildman–Crippen LogP) is 3.62. The summed E-state index contributed by atoms with van der Waals surface area (Å²) < 4.78 is 0. The quantitative estimate of drug-likeness (QED) is 0.719. The molecule has 1 aliphatic carbocycles. The fourth-order valence-corrected chi connectivity index (χ4v) is 2.49. The van der Waals surface area contributed by atoms with E-state index in [2.05, 4.69) is 6.92 Å². The minimum Gasteiger partial charge on any atom is -0.481 e. The summed E-state index contributed by atoms with van der Waals surface area (Å²) in [6.07, 6.45) is 9.72. The van der Waals surface area contributed by atoms with E-state index in [9.17, 15) is 9.90 Å². The molecule has 0 spiro atoms. The van der Waals surface area contributed by atoms with E-state index in [1.807, 2.05) is 19.1 Å². The molecule has 86 valence electrons. The number of hydrogen-bond donors (Lipinski definition) is 1. The van der Waals surface area contributed by atoms with Gasteiger partial charge in [-0.25, -0.2) is 0 Å². The summed E-state index contributed by atoms with van der Waals surface area (Å²) in [4.78, 5) is 11.3. The van der Waals surface area contributed by atoms with Crippen LogP contribution in [0.25, 0.3) is 0 Å². The Hall–Kier alpha value is -0.790. The average molecular weight is 210 g/mol. The van der Waals surface area contributed by atoms with Gasteiger partial charge in [0.2, 0.25) is 0 Å². The standard InChI is InChI=1S/C13H22O2/c1-3-5-8-13(12(14)15)9-6-11(4-2)7-10-13/h3,5,11H,4,6-10H2,1-2H3,(H,14,15). The summed E-state index contributed by atoms with van der Waals surface area (Å²) in [5, 5.41) is 9.34. The molecule has 0 bridgehead atoms. The summed E-state index contributed by atoms with van der Waals surface area (Å²) in [6.45, 7) is 4.15. The van der Waals surface area contributed by atoms with Crippen LogP contribution in [0, 0.1) is 11.3 Å². The first-order valence-corrected chi connectivity index (χ1v) is 5.99. The zero-order valence-corrected chi connectivity index (χ0v) is 9.83. The van der Waals surface area contributed by atoms with Gasteiger partial charge < -0.3 is 5.11 Å². The first-order chi connectivity index (χ1) is 7.14. The minimum atomic E-state index is -0.602.